The molecule has 0 N–H and O–H groups in total. The maximum Gasteiger partial charge on any atom is 0.266 e. The molecule has 2 aliphatic heterocycles. The summed E-state index contributed by atoms with van der Waals surface area (Å²) in [6.07, 6.45) is 4.52. The molecular formula is C25H28FN5OS. The second kappa shape index (κ2) is 10.2. The van der Waals surface area contributed by atoms with Gasteiger partial charge in [-0.3, -0.25) is 4.79 Å². The highest BCUT2D eigenvalue weighted by molar-refractivity contribution is 7.15. The maximum absolute atomic E-state index is 13.4. The number of carbonyl (C=O) groups excluding carboxylic acids is 1. The summed E-state index contributed by atoms with van der Waals surface area (Å²) < 4.78 is 13.4. The van der Waals surface area contributed by atoms with Crippen LogP contribution in [0.5, 0.6) is 0 Å². The Balaban J connectivity index is 1.58. The van der Waals surface area contributed by atoms with Gasteiger partial charge in [0.15, 0.2) is 0 Å². The van der Waals surface area contributed by atoms with Crippen LogP contribution in [0.4, 0.5) is 10.1 Å². The van der Waals surface area contributed by atoms with Crippen LogP contribution in [0.2, 0.25) is 0 Å². The summed E-state index contributed by atoms with van der Waals surface area (Å²) in [6.45, 7) is 7.04. The molecule has 0 saturated carbocycles. The molecule has 8 heteroatoms. The number of nitriles is 1. The Morgan fingerprint density at radius 3 is 2.76 bits per heavy atom. The predicted molar refractivity (Wildman–Crippen MR) is 130 cm³/mol. The van der Waals surface area contributed by atoms with Crippen LogP contribution in [0, 0.1) is 11.3 Å². The molecule has 0 spiro atoms. The monoisotopic (exact) mass is 465 g/mol. The van der Waals surface area contributed by atoms with Crippen LogP contribution >= 0.6 is 11.3 Å². The Kier molecular flexibility index (Phi) is 7.09. The van der Waals surface area contributed by atoms with Crippen molar-refractivity contribution in [1.29, 1.82) is 5.26 Å². The summed E-state index contributed by atoms with van der Waals surface area (Å²) >= 11 is 1.34. The lowest BCUT2D eigenvalue weighted by atomic mass is 10.1. The zero-order chi connectivity index (χ0) is 23.4. The van der Waals surface area contributed by atoms with Crippen molar-refractivity contribution in [2.24, 2.45) is 4.99 Å². The number of benzene rings is 1. The molecule has 2 saturated heterocycles. The van der Waals surface area contributed by atoms with Crippen LogP contribution in [0.1, 0.15) is 44.9 Å². The first-order chi connectivity index (χ1) is 16.0. The Morgan fingerprint density at radius 2 is 2.06 bits per heavy atom. The lowest BCUT2D eigenvalue weighted by Gasteiger charge is -2.37. The number of alkyl halides is 1. The first-order valence-electron chi connectivity index (χ1n) is 11.2. The van der Waals surface area contributed by atoms with Gasteiger partial charge in [-0.15, -0.1) is 11.3 Å². The molecule has 2 aliphatic rings. The Bertz CT molecular complexity index is 1090. The standard InChI is InChI=1S/C25H28FN5OS/c1-18(31-15-21(26)16-31)23-12-22(28-17-30-10-6-3-7-11-30)24(33-23)25(32)29(2)14-20-9-5-4-8-19(20)13-27/h4-5,8-9,12,17,21H,1,3,6-7,10-11,14-16H2,2H3/b28-17+. The number of aliphatic imine (C=N–C) groups is 1. The van der Waals surface area contributed by atoms with E-state index in [-0.39, 0.29) is 5.91 Å². The number of piperidine rings is 1. The fourth-order valence-corrected chi connectivity index (χ4v) is 5.12. The smallest absolute Gasteiger partial charge is 0.266 e. The molecule has 0 radical (unpaired) electrons. The molecular weight excluding hydrogens is 437 g/mol. The van der Waals surface area contributed by atoms with Crippen molar-refractivity contribution in [3.63, 3.8) is 0 Å². The summed E-state index contributed by atoms with van der Waals surface area (Å²) in [5, 5.41) is 9.37. The van der Waals surface area contributed by atoms with Crippen molar-refractivity contribution >= 4 is 35.0 Å². The molecule has 172 valence electrons. The third kappa shape index (κ3) is 5.25. The highest BCUT2D eigenvalue weighted by Crippen LogP contribution is 2.37. The van der Waals surface area contributed by atoms with Gasteiger partial charge in [0.1, 0.15) is 11.0 Å². The number of carbonyl (C=O) groups is 1. The van der Waals surface area contributed by atoms with E-state index in [4.69, 9.17) is 0 Å². The van der Waals surface area contributed by atoms with Gasteiger partial charge in [0.2, 0.25) is 0 Å². The van der Waals surface area contributed by atoms with Gasteiger partial charge in [-0.05, 0) is 37.0 Å². The van der Waals surface area contributed by atoms with E-state index in [0.29, 0.717) is 35.8 Å². The number of nitrogens with zero attached hydrogens (tertiary/aromatic N) is 5. The second-order valence-electron chi connectivity index (χ2n) is 8.55. The molecule has 0 atom stereocenters. The van der Waals surface area contributed by atoms with Gasteiger partial charge in [0, 0.05) is 32.4 Å². The van der Waals surface area contributed by atoms with E-state index in [1.807, 2.05) is 35.5 Å². The summed E-state index contributed by atoms with van der Waals surface area (Å²) in [5.74, 6) is -0.162. The number of hydrogen-bond acceptors (Lipinski definition) is 5. The minimum absolute atomic E-state index is 0.162. The van der Waals surface area contributed by atoms with E-state index < -0.39 is 6.17 Å². The highest BCUT2D eigenvalue weighted by Gasteiger charge is 2.30. The molecule has 1 aromatic carbocycles. The largest absolute Gasteiger partial charge is 0.365 e. The SMILES string of the molecule is C=C(c1cc(/N=C/N2CCCCC2)c(C(=O)N(C)Cc2ccccc2C#N)s1)N1CC(F)C1. The maximum atomic E-state index is 13.4. The average Bonchev–Trinajstić information content (AvgIpc) is 3.25. The number of amides is 1. The van der Waals surface area contributed by atoms with Gasteiger partial charge in [-0.1, -0.05) is 24.8 Å². The van der Waals surface area contributed by atoms with Gasteiger partial charge in [-0.25, -0.2) is 9.38 Å². The number of rotatable bonds is 7. The van der Waals surface area contributed by atoms with Crippen molar-refractivity contribution in [1.82, 2.24) is 14.7 Å². The van der Waals surface area contributed by atoms with Crippen molar-refractivity contribution < 1.29 is 9.18 Å². The topological polar surface area (TPSA) is 62.9 Å². The van der Waals surface area contributed by atoms with Gasteiger partial charge in [0.25, 0.3) is 5.91 Å². The molecule has 1 amide bonds. The van der Waals surface area contributed by atoms with Crippen molar-refractivity contribution in [2.75, 3.05) is 33.2 Å². The van der Waals surface area contributed by atoms with Gasteiger partial charge in [0.05, 0.1) is 41.6 Å². The van der Waals surface area contributed by atoms with Crippen LogP contribution < -0.4 is 0 Å². The van der Waals surface area contributed by atoms with Gasteiger partial charge < -0.3 is 14.7 Å². The number of halogens is 1. The predicted octanol–water partition coefficient (Wildman–Crippen LogP) is 4.66. The van der Waals surface area contributed by atoms with Crippen LogP contribution in [-0.4, -0.2) is 66.3 Å². The third-order valence-electron chi connectivity index (χ3n) is 6.05. The van der Waals surface area contributed by atoms with Crippen LogP contribution in [0.15, 0.2) is 41.9 Å². The minimum atomic E-state index is -0.828. The lowest BCUT2D eigenvalue weighted by Crippen LogP contribution is -2.46. The fraction of sp³-hybridized carbons (Fsp3) is 0.400. The van der Waals surface area contributed by atoms with Crippen molar-refractivity contribution in [3.8, 4) is 6.07 Å². The summed E-state index contributed by atoms with van der Waals surface area (Å²) in [4.78, 5) is 25.1. The quantitative estimate of drug-likeness (QED) is 0.441. The number of thiophene rings is 1. The minimum Gasteiger partial charge on any atom is -0.365 e. The van der Waals surface area contributed by atoms with Crippen LogP contribution in [0.3, 0.4) is 0 Å². The molecule has 1 aromatic heterocycles. The van der Waals surface area contributed by atoms with E-state index in [1.165, 1.54) is 17.8 Å². The van der Waals surface area contributed by atoms with E-state index in [1.54, 1.807) is 18.0 Å². The van der Waals surface area contributed by atoms with Crippen LogP contribution in [0.25, 0.3) is 5.70 Å². The lowest BCUT2D eigenvalue weighted by molar-refractivity contribution is 0.0790. The molecule has 33 heavy (non-hydrogen) atoms. The van der Waals surface area contributed by atoms with Gasteiger partial charge >= 0.3 is 0 Å². The molecule has 2 fully saturated rings. The Labute approximate surface area is 198 Å². The highest BCUT2D eigenvalue weighted by atomic mass is 32.1. The molecule has 0 unspecified atom stereocenters. The fourth-order valence-electron chi connectivity index (χ4n) is 4.02. The normalized spacial score (nSPS) is 16.5. The average molecular weight is 466 g/mol. The van der Waals surface area contributed by atoms with Crippen LogP contribution in [-0.2, 0) is 6.54 Å². The molecule has 6 nitrogen and oxygen atoms in total. The molecule has 0 aliphatic carbocycles. The Hall–Kier alpha value is -3.18. The van der Waals surface area contributed by atoms with Gasteiger partial charge in [-0.2, -0.15) is 5.26 Å². The summed E-state index contributed by atoms with van der Waals surface area (Å²) in [7, 11) is 1.73. The molecule has 4 rings (SSSR count). The van der Waals surface area contributed by atoms with E-state index in [9.17, 15) is 14.4 Å². The first-order valence-corrected chi connectivity index (χ1v) is 12.0. The Morgan fingerprint density at radius 1 is 1.33 bits per heavy atom. The second-order valence-corrected chi connectivity index (χ2v) is 9.60. The summed E-state index contributed by atoms with van der Waals surface area (Å²) in [5.41, 5.74) is 2.67. The molecule has 3 heterocycles. The number of hydrogen-bond donors (Lipinski definition) is 0. The first kappa shape index (κ1) is 23.0. The van der Waals surface area contributed by atoms with E-state index in [0.717, 1.165) is 42.1 Å². The molecule has 2 aromatic rings. The molecule has 0 bridgehead atoms. The summed E-state index contributed by atoms with van der Waals surface area (Å²) in [6, 6.07) is 11.3. The zero-order valence-corrected chi connectivity index (χ0v) is 19.7. The zero-order valence-electron chi connectivity index (χ0n) is 18.8. The number of likely N-dealkylation sites (tertiary alicyclic amines) is 2. The third-order valence-corrected chi connectivity index (χ3v) is 7.21. The van der Waals surface area contributed by atoms with E-state index >= 15 is 0 Å². The van der Waals surface area contributed by atoms with E-state index in [2.05, 4.69) is 22.5 Å². The van der Waals surface area contributed by atoms with Crippen molar-refractivity contribution in [3.05, 3.63) is 57.8 Å². The van der Waals surface area contributed by atoms with Crippen molar-refractivity contribution in [2.45, 2.75) is 32.0 Å².